The summed E-state index contributed by atoms with van der Waals surface area (Å²) in [5.74, 6) is 0.0102. The number of nitrogens with zero attached hydrogens (tertiary/aromatic N) is 3. The van der Waals surface area contributed by atoms with Gasteiger partial charge in [-0.1, -0.05) is 22.0 Å². The summed E-state index contributed by atoms with van der Waals surface area (Å²) >= 11 is 3.51. The summed E-state index contributed by atoms with van der Waals surface area (Å²) in [6, 6.07) is 9.97. The Kier molecular flexibility index (Phi) is 5.89. The smallest absolute Gasteiger partial charge is 0.409 e. The van der Waals surface area contributed by atoms with Gasteiger partial charge in [0.2, 0.25) is 0 Å². The highest BCUT2D eigenvalue weighted by Crippen LogP contribution is 2.24. The second-order valence-corrected chi connectivity index (χ2v) is 7.62. The van der Waals surface area contributed by atoms with Crippen molar-refractivity contribution in [3.05, 3.63) is 51.8 Å². The third-order valence-electron chi connectivity index (χ3n) is 4.94. The number of benzene rings is 1. The molecule has 0 N–H and O–H groups in total. The van der Waals surface area contributed by atoms with Gasteiger partial charge in [0.05, 0.1) is 12.7 Å². The lowest BCUT2D eigenvalue weighted by Gasteiger charge is -2.21. The molecule has 0 radical (unpaired) electrons. The average Bonchev–Trinajstić information content (AvgIpc) is 2.83. The number of carbonyl (C=O) groups excluding carboxylic acids is 2. The Hall–Kier alpha value is -2.28. The van der Waals surface area contributed by atoms with Crippen molar-refractivity contribution in [1.29, 1.82) is 0 Å². The molecule has 1 aromatic heterocycles. The van der Waals surface area contributed by atoms with Crippen LogP contribution < -0.4 is 0 Å². The molecule has 0 spiro atoms. The van der Waals surface area contributed by atoms with Crippen LogP contribution in [0.4, 0.5) is 4.79 Å². The first-order valence-electron chi connectivity index (χ1n) is 8.99. The van der Waals surface area contributed by atoms with E-state index < -0.39 is 0 Å². The molecule has 0 unspecified atom stereocenters. The third kappa shape index (κ3) is 4.03. The van der Waals surface area contributed by atoms with Crippen LogP contribution in [-0.2, 0) is 4.74 Å². The van der Waals surface area contributed by atoms with E-state index in [-0.39, 0.29) is 12.0 Å². The highest BCUT2D eigenvalue weighted by atomic mass is 79.9. The zero-order valence-corrected chi connectivity index (χ0v) is 17.5. The van der Waals surface area contributed by atoms with Crippen molar-refractivity contribution in [1.82, 2.24) is 14.4 Å². The summed E-state index contributed by atoms with van der Waals surface area (Å²) in [4.78, 5) is 28.4. The van der Waals surface area contributed by atoms with Gasteiger partial charge in [0.1, 0.15) is 0 Å². The first-order chi connectivity index (χ1) is 12.9. The SMILES string of the molecule is COC(=O)N1CCCN(C(=O)c2cc(C)n(-c3cccc(Br)c3)c2C)CC1. The van der Waals surface area contributed by atoms with Crippen molar-refractivity contribution in [3.63, 3.8) is 0 Å². The second kappa shape index (κ2) is 8.17. The van der Waals surface area contributed by atoms with Crippen molar-refractivity contribution < 1.29 is 14.3 Å². The van der Waals surface area contributed by atoms with E-state index >= 15 is 0 Å². The van der Waals surface area contributed by atoms with Crippen molar-refractivity contribution in [2.45, 2.75) is 20.3 Å². The van der Waals surface area contributed by atoms with E-state index in [1.165, 1.54) is 7.11 Å². The molecule has 3 rings (SSSR count). The summed E-state index contributed by atoms with van der Waals surface area (Å²) < 4.78 is 7.89. The van der Waals surface area contributed by atoms with Gasteiger partial charge in [-0.05, 0) is 44.5 Å². The van der Waals surface area contributed by atoms with Gasteiger partial charge in [0, 0.05) is 47.7 Å². The van der Waals surface area contributed by atoms with Crippen LogP contribution in [0, 0.1) is 13.8 Å². The van der Waals surface area contributed by atoms with E-state index in [4.69, 9.17) is 4.74 Å². The lowest BCUT2D eigenvalue weighted by molar-refractivity contribution is 0.0756. The predicted octanol–water partition coefficient (Wildman–Crippen LogP) is 3.77. The van der Waals surface area contributed by atoms with Crippen molar-refractivity contribution in [2.75, 3.05) is 33.3 Å². The van der Waals surface area contributed by atoms with Gasteiger partial charge in [-0.25, -0.2) is 4.79 Å². The summed E-state index contributed by atoms with van der Waals surface area (Å²) in [5, 5.41) is 0. The van der Waals surface area contributed by atoms with Gasteiger partial charge >= 0.3 is 6.09 Å². The maximum Gasteiger partial charge on any atom is 0.409 e. The van der Waals surface area contributed by atoms with Crippen molar-refractivity contribution in [3.8, 4) is 5.69 Å². The summed E-state index contributed by atoms with van der Waals surface area (Å²) in [5.41, 5.74) is 3.66. The molecule has 0 aliphatic carbocycles. The Bertz CT molecular complexity index is 862. The zero-order valence-electron chi connectivity index (χ0n) is 15.9. The van der Waals surface area contributed by atoms with Crippen molar-refractivity contribution in [2.24, 2.45) is 0 Å². The Labute approximate surface area is 167 Å². The number of amides is 2. The Morgan fingerprint density at radius 1 is 1.04 bits per heavy atom. The molecule has 0 bridgehead atoms. The summed E-state index contributed by atoms with van der Waals surface area (Å²) in [6.45, 7) is 6.21. The number of hydrogen-bond acceptors (Lipinski definition) is 3. The van der Waals surface area contributed by atoms with E-state index in [1.54, 1.807) is 4.90 Å². The van der Waals surface area contributed by atoms with Gasteiger partial charge in [-0.3, -0.25) is 4.79 Å². The molecular weight excluding hydrogens is 410 g/mol. The quantitative estimate of drug-likeness (QED) is 0.723. The molecule has 2 aromatic rings. The van der Waals surface area contributed by atoms with E-state index in [2.05, 4.69) is 20.5 Å². The Morgan fingerprint density at radius 2 is 1.74 bits per heavy atom. The molecule has 1 aliphatic rings. The second-order valence-electron chi connectivity index (χ2n) is 6.70. The molecule has 1 aromatic carbocycles. The van der Waals surface area contributed by atoms with Crippen LogP contribution in [0.2, 0.25) is 0 Å². The normalized spacial score (nSPS) is 14.8. The highest BCUT2D eigenvalue weighted by molar-refractivity contribution is 9.10. The van der Waals surface area contributed by atoms with E-state index in [1.807, 2.05) is 49.1 Å². The fourth-order valence-electron chi connectivity index (χ4n) is 3.59. The Balaban J connectivity index is 1.84. The van der Waals surface area contributed by atoms with Crippen LogP contribution in [0.25, 0.3) is 5.69 Å². The fraction of sp³-hybridized carbons (Fsp3) is 0.400. The summed E-state index contributed by atoms with van der Waals surface area (Å²) in [7, 11) is 1.38. The van der Waals surface area contributed by atoms with E-state index in [9.17, 15) is 9.59 Å². The molecule has 0 atom stereocenters. The first-order valence-corrected chi connectivity index (χ1v) is 9.78. The van der Waals surface area contributed by atoms with Crippen LogP contribution in [0.15, 0.2) is 34.8 Å². The lowest BCUT2D eigenvalue weighted by Crippen LogP contribution is -2.37. The Morgan fingerprint density at radius 3 is 2.44 bits per heavy atom. The molecule has 2 heterocycles. The maximum absolute atomic E-state index is 13.2. The van der Waals surface area contributed by atoms with Crippen LogP contribution >= 0.6 is 15.9 Å². The monoisotopic (exact) mass is 433 g/mol. The number of ether oxygens (including phenoxy) is 1. The minimum absolute atomic E-state index is 0.0102. The number of aromatic nitrogens is 1. The minimum Gasteiger partial charge on any atom is -0.453 e. The van der Waals surface area contributed by atoms with Gasteiger partial charge in [0.15, 0.2) is 0 Å². The zero-order chi connectivity index (χ0) is 19.6. The highest BCUT2D eigenvalue weighted by Gasteiger charge is 2.25. The number of halogens is 1. The van der Waals surface area contributed by atoms with E-state index in [0.717, 1.165) is 28.0 Å². The molecule has 1 saturated heterocycles. The van der Waals surface area contributed by atoms with Gasteiger partial charge < -0.3 is 19.1 Å². The first kappa shape index (κ1) is 19.5. The molecule has 6 nitrogen and oxygen atoms in total. The van der Waals surface area contributed by atoms with Crippen LogP contribution in [0.3, 0.4) is 0 Å². The van der Waals surface area contributed by atoms with Gasteiger partial charge in [0.25, 0.3) is 5.91 Å². The van der Waals surface area contributed by atoms with Gasteiger partial charge in [-0.2, -0.15) is 0 Å². The molecule has 27 heavy (non-hydrogen) atoms. The lowest BCUT2D eigenvalue weighted by atomic mass is 10.2. The molecule has 1 aliphatic heterocycles. The maximum atomic E-state index is 13.2. The average molecular weight is 434 g/mol. The molecule has 1 fully saturated rings. The minimum atomic E-state index is -0.336. The molecule has 144 valence electrons. The predicted molar refractivity (Wildman–Crippen MR) is 107 cm³/mol. The standard InChI is InChI=1S/C20H24BrN3O3/c1-14-12-18(15(2)24(14)17-7-4-6-16(21)13-17)19(25)22-8-5-9-23(11-10-22)20(26)27-3/h4,6-7,12-13H,5,8-11H2,1-3H3. The number of aryl methyl sites for hydroxylation is 1. The third-order valence-corrected chi connectivity index (χ3v) is 5.44. The number of methoxy groups -OCH3 is 1. The van der Waals surface area contributed by atoms with Crippen LogP contribution in [0.1, 0.15) is 28.2 Å². The van der Waals surface area contributed by atoms with Crippen molar-refractivity contribution >= 4 is 27.9 Å². The topological polar surface area (TPSA) is 54.8 Å². The number of hydrogen-bond donors (Lipinski definition) is 0. The summed E-state index contributed by atoms with van der Waals surface area (Å²) in [6.07, 6.45) is 0.405. The molecule has 2 amide bonds. The molecule has 0 saturated carbocycles. The van der Waals surface area contributed by atoms with E-state index in [0.29, 0.717) is 31.7 Å². The molecule has 7 heteroatoms. The number of carbonyl (C=O) groups is 2. The van der Waals surface area contributed by atoms with Crippen LogP contribution in [-0.4, -0.2) is 59.7 Å². The van der Waals surface area contributed by atoms with Gasteiger partial charge in [-0.15, -0.1) is 0 Å². The largest absolute Gasteiger partial charge is 0.453 e. The van der Waals surface area contributed by atoms with Crippen LogP contribution in [0.5, 0.6) is 0 Å². The molecular formula is C20H24BrN3O3. The number of rotatable bonds is 2. The fourth-order valence-corrected chi connectivity index (χ4v) is 3.98.